The van der Waals surface area contributed by atoms with E-state index in [9.17, 15) is 4.79 Å². The number of carbonyl (C=O) groups excluding carboxylic acids is 1. The molecule has 104 valence electrons. The van der Waals surface area contributed by atoms with E-state index in [0.717, 1.165) is 24.2 Å². The average Bonchev–Trinajstić information content (AvgIpc) is 2.46. The Morgan fingerprint density at radius 2 is 2.21 bits per heavy atom. The fourth-order valence-corrected chi connectivity index (χ4v) is 2.26. The number of carbonyl (C=O) groups is 1. The first-order chi connectivity index (χ1) is 9.18. The Morgan fingerprint density at radius 3 is 2.89 bits per heavy atom. The molecule has 0 atom stereocenters. The van der Waals surface area contributed by atoms with E-state index < -0.39 is 0 Å². The molecule has 0 radical (unpaired) electrons. The Kier molecular flexibility index (Phi) is 4.74. The summed E-state index contributed by atoms with van der Waals surface area (Å²) in [7, 11) is 3.90. The second kappa shape index (κ2) is 6.52. The highest BCUT2D eigenvalue weighted by Crippen LogP contribution is 2.17. The number of anilines is 1. The van der Waals surface area contributed by atoms with Crippen LogP contribution in [-0.4, -0.2) is 38.2 Å². The standard InChI is InChI=1S/C14H21N3O2/c1-17(2)13-12(4-3-7-15-13)10-16-14(18)11-5-8-19-9-6-11/h3-4,7,11H,5-6,8-10H2,1-2H3,(H,16,18). The summed E-state index contributed by atoms with van der Waals surface area (Å²) < 4.78 is 5.27. The molecule has 1 amide bonds. The predicted octanol–water partition coefficient (Wildman–Crippen LogP) is 1.19. The van der Waals surface area contributed by atoms with Crippen LogP contribution in [0.4, 0.5) is 5.82 Å². The number of nitrogens with zero attached hydrogens (tertiary/aromatic N) is 2. The number of nitrogens with one attached hydrogen (secondary N) is 1. The van der Waals surface area contributed by atoms with E-state index in [1.807, 2.05) is 31.1 Å². The van der Waals surface area contributed by atoms with Gasteiger partial charge in [-0.25, -0.2) is 4.98 Å². The molecule has 1 aromatic rings. The summed E-state index contributed by atoms with van der Waals surface area (Å²) >= 11 is 0. The molecule has 0 bridgehead atoms. The van der Waals surface area contributed by atoms with Gasteiger partial charge in [0.05, 0.1) is 0 Å². The van der Waals surface area contributed by atoms with E-state index in [1.54, 1.807) is 6.20 Å². The summed E-state index contributed by atoms with van der Waals surface area (Å²) in [6, 6.07) is 3.88. The lowest BCUT2D eigenvalue weighted by Gasteiger charge is -2.22. The summed E-state index contributed by atoms with van der Waals surface area (Å²) in [4.78, 5) is 18.3. The highest BCUT2D eigenvalue weighted by molar-refractivity contribution is 5.78. The van der Waals surface area contributed by atoms with Gasteiger partial charge < -0.3 is 15.0 Å². The van der Waals surface area contributed by atoms with Crippen molar-refractivity contribution in [3.63, 3.8) is 0 Å². The highest BCUT2D eigenvalue weighted by atomic mass is 16.5. The Labute approximate surface area is 114 Å². The van der Waals surface area contributed by atoms with Gasteiger partial charge >= 0.3 is 0 Å². The SMILES string of the molecule is CN(C)c1ncccc1CNC(=O)C1CCOCC1. The van der Waals surface area contributed by atoms with E-state index in [1.165, 1.54) is 0 Å². The fourth-order valence-electron chi connectivity index (χ4n) is 2.26. The summed E-state index contributed by atoms with van der Waals surface area (Å²) in [6.07, 6.45) is 3.40. The van der Waals surface area contributed by atoms with Crippen molar-refractivity contribution < 1.29 is 9.53 Å². The van der Waals surface area contributed by atoms with Gasteiger partial charge in [0.1, 0.15) is 5.82 Å². The van der Waals surface area contributed by atoms with Crippen LogP contribution >= 0.6 is 0 Å². The van der Waals surface area contributed by atoms with Gasteiger partial charge in [0, 0.05) is 51.5 Å². The van der Waals surface area contributed by atoms with Crippen LogP contribution in [0.1, 0.15) is 18.4 Å². The molecule has 1 aromatic heterocycles. The van der Waals surface area contributed by atoms with Gasteiger partial charge in [0.25, 0.3) is 0 Å². The summed E-state index contributed by atoms with van der Waals surface area (Å²) in [5.41, 5.74) is 1.04. The fraction of sp³-hybridized carbons (Fsp3) is 0.571. The molecule has 5 heteroatoms. The van der Waals surface area contributed by atoms with E-state index >= 15 is 0 Å². The minimum atomic E-state index is 0.0910. The van der Waals surface area contributed by atoms with Gasteiger partial charge in [0.2, 0.25) is 5.91 Å². The number of amides is 1. The van der Waals surface area contributed by atoms with Gasteiger partial charge in [0.15, 0.2) is 0 Å². The second-order valence-electron chi connectivity index (χ2n) is 4.99. The molecule has 2 rings (SSSR count). The van der Waals surface area contributed by atoms with Crippen molar-refractivity contribution >= 4 is 11.7 Å². The molecule has 0 saturated carbocycles. The van der Waals surface area contributed by atoms with Crippen LogP contribution in [0.3, 0.4) is 0 Å². The molecular weight excluding hydrogens is 242 g/mol. The Morgan fingerprint density at radius 1 is 1.47 bits per heavy atom. The lowest BCUT2D eigenvalue weighted by Crippen LogP contribution is -2.34. The number of hydrogen-bond donors (Lipinski definition) is 1. The van der Waals surface area contributed by atoms with Crippen LogP contribution in [0.15, 0.2) is 18.3 Å². The van der Waals surface area contributed by atoms with Gasteiger partial charge in [-0.05, 0) is 18.9 Å². The van der Waals surface area contributed by atoms with Crippen LogP contribution in [0.5, 0.6) is 0 Å². The number of hydrogen-bond acceptors (Lipinski definition) is 4. The van der Waals surface area contributed by atoms with Gasteiger partial charge in [-0.2, -0.15) is 0 Å². The lowest BCUT2D eigenvalue weighted by atomic mass is 9.99. The zero-order valence-corrected chi connectivity index (χ0v) is 11.6. The van der Waals surface area contributed by atoms with Crippen LogP contribution < -0.4 is 10.2 Å². The van der Waals surface area contributed by atoms with Crippen LogP contribution in [-0.2, 0) is 16.1 Å². The maximum atomic E-state index is 12.1. The zero-order valence-electron chi connectivity index (χ0n) is 11.6. The van der Waals surface area contributed by atoms with Gasteiger partial charge in [-0.1, -0.05) is 6.07 Å². The number of rotatable bonds is 4. The lowest BCUT2D eigenvalue weighted by molar-refractivity contribution is -0.128. The largest absolute Gasteiger partial charge is 0.381 e. The molecule has 1 N–H and O–H groups in total. The van der Waals surface area contributed by atoms with E-state index in [0.29, 0.717) is 19.8 Å². The highest BCUT2D eigenvalue weighted by Gasteiger charge is 2.21. The number of pyridine rings is 1. The summed E-state index contributed by atoms with van der Waals surface area (Å²) in [5.74, 6) is 1.11. The monoisotopic (exact) mass is 263 g/mol. The minimum absolute atomic E-state index is 0.0910. The number of ether oxygens (including phenoxy) is 1. The molecule has 0 spiro atoms. The van der Waals surface area contributed by atoms with E-state index in [4.69, 9.17) is 4.74 Å². The molecule has 2 heterocycles. The zero-order chi connectivity index (χ0) is 13.7. The molecule has 0 aliphatic carbocycles. The van der Waals surface area contributed by atoms with Crippen molar-refractivity contribution in [1.29, 1.82) is 0 Å². The summed E-state index contributed by atoms with van der Waals surface area (Å²) in [5, 5.41) is 3.00. The van der Waals surface area contributed by atoms with Crippen molar-refractivity contribution in [3.8, 4) is 0 Å². The maximum absolute atomic E-state index is 12.1. The van der Waals surface area contributed by atoms with Gasteiger partial charge in [-0.15, -0.1) is 0 Å². The molecule has 0 unspecified atom stereocenters. The third-order valence-corrected chi connectivity index (χ3v) is 3.34. The molecule has 1 fully saturated rings. The van der Waals surface area contributed by atoms with Crippen LogP contribution in [0.25, 0.3) is 0 Å². The van der Waals surface area contributed by atoms with Crippen molar-refractivity contribution in [2.24, 2.45) is 5.92 Å². The Hall–Kier alpha value is -1.62. The molecule has 19 heavy (non-hydrogen) atoms. The topological polar surface area (TPSA) is 54.5 Å². The average molecular weight is 263 g/mol. The Balaban J connectivity index is 1.93. The van der Waals surface area contributed by atoms with Gasteiger partial charge in [-0.3, -0.25) is 4.79 Å². The minimum Gasteiger partial charge on any atom is -0.381 e. The molecular formula is C14H21N3O2. The first-order valence-corrected chi connectivity index (χ1v) is 6.65. The maximum Gasteiger partial charge on any atom is 0.223 e. The molecule has 1 aliphatic heterocycles. The molecule has 1 saturated heterocycles. The predicted molar refractivity (Wildman–Crippen MR) is 74.0 cm³/mol. The third kappa shape index (κ3) is 3.67. The normalized spacial score (nSPS) is 16.1. The van der Waals surface area contributed by atoms with Crippen molar-refractivity contribution in [1.82, 2.24) is 10.3 Å². The molecule has 5 nitrogen and oxygen atoms in total. The Bertz CT molecular complexity index is 428. The van der Waals surface area contributed by atoms with Crippen molar-refractivity contribution in [3.05, 3.63) is 23.9 Å². The van der Waals surface area contributed by atoms with Crippen LogP contribution in [0, 0.1) is 5.92 Å². The number of aromatic nitrogens is 1. The second-order valence-corrected chi connectivity index (χ2v) is 4.99. The van der Waals surface area contributed by atoms with Crippen LogP contribution in [0.2, 0.25) is 0 Å². The van der Waals surface area contributed by atoms with E-state index in [-0.39, 0.29) is 11.8 Å². The smallest absolute Gasteiger partial charge is 0.223 e. The van der Waals surface area contributed by atoms with Crippen molar-refractivity contribution in [2.45, 2.75) is 19.4 Å². The molecule has 0 aromatic carbocycles. The summed E-state index contributed by atoms with van der Waals surface area (Å²) in [6.45, 7) is 1.90. The quantitative estimate of drug-likeness (QED) is 0.886. The third-order valence-electron chi connectivity index (χ3n) is 3.34. The first kappa shape index (κ1) is 13.8. The van der Waals surface area contributed by atoms with Crippen molar-refractivity contribution in [2.75, 3.05) is 32.2 Å². The van der Waals surface area contributed by atoms with E-state index in [2.05, 4.69) is 10.3 Å². The first-order valence-electron chi connectivity index (χ1n) is 6.65. The molecule has 1 aliphatic rings.